The molecule has 7 heteroatoms. The van der Waals surface area contributed by atoms with E-state index < -0.39 is 17.5 Å². The Morgan fingerprint density at radius 2 is 2.04 bits per heavy atom. The molecule has 0 aliphatic carbocycles. The van der Waals surface area contributed by atoms with Gasteiger partial charge in [0.2, 0.25) is 5.95 Å². The van der Waals surface area contributed by atoms with Crippen LogP contribution in [-0.2, 0) is 0 Å². The van der Waals surface area contributed by atoms with Crippen LogP contribution in [-0.4, -0.2) is 31.9 Å². The number of fused-ring (bicyclic) bond motifs is 1. The Kier molecular flexibility index (Phi) is 3.73. The van der Waals surface area contributed by atoms with Gasteiger partial charge in [0.05, 0.1) is 17.3 Å². The number of hydrogen-bond donors (Lipinski definition) is 1. The van der Waals surface area contributed by atoms with Crippen LogP contribution in [0, 0.1) is 11.9 Å². The fraction of sp³-hybridized carbons (Fsp3) is 0.250. The molecule has 0 fully saturated rings. The lowest BCUT2D eigenvalue weighted by Crippen LogP contribution is -2.28. The molecule has 0 unspecified atom stereocenters. The molecule has 0 saturated carbocycles. The molecule has 0 saturated heterocycles. The molecule has 0 amide bonds. The highest BCUT2D eigenvalue weighted by atomic mass is 19.1. The summed E-state index contributed by atoms with van der Waals surface area (Å²) in [6.45, 7) is 3.03. The van der Waals surface area contributed by atoms with Crippen LogP contribution in [0.3, 0.4) is 0 Å². The quantitative estimate of drug-likeness (QED) is 0.751. The molecule has 3 aromatic heterocycles. The number of rotatable bonds is 4. The van der Waals surface area contributed by atoms with Crippen LogP contribution in [0.15, 0.2) is 36.7 Å². The van der Waals surface area contributed by atoms with Crippen molar-refractivity contribution in [1.29, 1.82) is 0 Å². The van der Waals surface area contributed by atoms with Gasteiger partial charge >= 0.3 is 0 Å². The van der Waals surface area contributed by atoms with Crippen molar-refractivity contribution in [2.75, 3.05) is 6.61 Å². The minimum Gasteiger partial charge on any atom is -0.486 e. The number of ether oxygens (including phenoxy) is 1. The third kappa shape index (κ3) is 3.14. The zero-order valence-electron chi connectivity index (χ0n) is 12.6. The van der Waals surface area contributed by atoms with Crippen LogP contribution in [0.2, 0.25) is 0 Å². The molecule has 0 atom stereocenters. The van der Waals surface area contributed by atoms with Crippen molar-refractivity contribution in [2.45, 2.75) is 19.4 Å². The number of halogens is 2. The average molecular weight is 319 g/mol. The second-order valence-electron chi connectivity index (χ2n) is 5.81. The minimum atomic E-state index is -1.11. The van der Waals surface area contributed by atoms with Crippen LogP contribution >= 0.6 is 0 Å². The molecular weight excluding hydrogens is 304 g/mol. The van der Waals surface area contributed by atoms with Gasteiger partial charge in [0.15, 0.2) is 5.75 Å². The maximum Gasteiger partial charge on any atom is 0.257 e. The van der Waals surface area contributed by atoms with Crippen molar-refractivity contribution in [3.63, 3.8) is 0 Å². The van der Waals surface area contributed by atoms with E-state index in [2.05, 4.69) is 10.1 Å². The maximum absolute atomic E-state index is 14.5. The van der Waals surface area contributed by atoms with Crippen LogP contribution < -0.4 is 4.74 Å². The average Bonchev–Trinajstić information content (AvgIpc) is 2.97. The number of pyridine rings is 2. The first-order valence-corrected chi connectivity index (χ1v) is 6.98. The minimum absolute atomic E-state index is 0.0531. The summed E-state index contributed by atoms with van der Waals surface area (Å²) >= 11 is 0. The van der Waals surface area contributed by atoms with Gasteiger partial charge in [-0.1, -0.05) is 0 Å². The van der Waals surface area contributed by atoms with Crippen molar-refractivity contribution < 1.29 is 18.6 Å². The van der Waals surface area contributed by atoms with Crippen LogP contribution in [0.25, 0.3) is 16.6 Å². The Bertz CT molecular complexity index is 839. The molecule has 3 aromatic rings. The second kappa shape index (κ2) is 5.58. The lowest BCUT2D eigenvalue weighted by molar-refractivity contribution is 0.0267. The first-order chi connectivity index (χ1) is 10.8. The Labute approximate surface area is 131 Å². The summed E-state index contributed by atoms with van der Waals surface area (Å²) in [6, 6.07) is 5.90. The first-order valence-electron chi connectivity index (χ1n) is 6.98. The van der Waals surface area contributed by atoms with Crippen LogP contribution in [0.5, 0.6) is 5.75 Å². The topological polar surface area (TPSA) is 59.7 Å². The number of aliphatic hydroxyl groups is 1. The Morgan fingerprint density at radius 1 is 1.26 bits per heavy atom. The predicted molar refractivity (Wildman–Crippen MR) is 80.1 cm³/mol. The van der Waals surface area contributed by atoms with Gasteiger partial charge < -0.3 is 9.84 Å². The lowest BCUT2D eigenvalue weighted by Gasteiger charge is -2.19. The lowest BCUT2D eigenvalue weighted by atomic mass is 10.1. The molecule has 0 spiro atoms. The normalized spacial score (nSPS) is 11.9. The monoisotopic (exact) mass is 319 g/mol. The van der Waals surface area contributed by atoms with E-state index in [4.69, 9.17) is 4.74 Å². The molecule has 1 N–H and O–H groups in total. The van der Waals surface area contributed by atoms with E-state index in [1.807, 2.05) is 0 Å². The van der Waals surface area contributed by atoms with Crippen LogP contribution in [0.1, 0.15) is 13.8 Å². The molecule has 3 heterocycles. The van der Waals surface area contributed by atoms with E-state index in [-0.39, 0.29) is 12.4 Å². The number of aromatic nitrogens is 3. The van der Waals surface area contributed by atoms with Gasteiger partial charge in [-0.2, -0.15) is 13.9 Å². The SMILES string of the molecule is CC(C)(O)COc1cc(-c2ccc(F)nc2)c2ccnn2c1F. The summed E-state index contributed by atoms with van der Waals surface area (Å²) in [5.41, 5.74) is 0.599. The molecule has 0 aromatic carbocycles. The highest BCUT2D eigenvalue weighted by molar-refractivity contribution is 5.80. The Morgan fingerprint density at radius 3 is 2.70 bits per heavy atom. The van der Waals surface area contributed by atoms with Crippen LogP contribution in [0.4, 0.5) is 8.78 Å². The van der Waals surface area contributed by atoms with Crippen molar-refractivity contribution in [3.8, 4) is 16.9 Å². The zero-order valence-corrected chi connectivity index (χ0v) is 12.6. The first kappa shape index (κ1) is 15.4. The summed E-state index contributed by atoms with van der Waals surface area (Å²) in [4.78, 5) is 3.61. The second-order valence-corrected chi connectivity index (χ2v) is 5.81. The summed E-state index contributed by atoms with van der Waals surface area (Å²) in [5.74, 6) is -1.32. The number of hydrogen-bond acceptors (Lipinski definition) is 4. The van der Waals surface area contributed by atoms with Gasteiger partial charge in [-0.15, -0.1) is 0 Å². The smallest absolute Gasteiger partial charge is 0.257 e. The Balaban J connectivity index is 2.11. The summed E-state index contributed by atoms with van der Waals surface area (Å²) in [5, 5.41) is 13.7. The Hall–Kier alpha value is -2.54. The zero-order chi connectivity index (χ0) is 16.6. The van der Waals surface area contributed by atoms with Gasteiger partial charge in [0.1, 0.15) is 6.61 Å². The van der Waals surface area contributed by atoms with E-state index in [1.54, 1.807) is 26.0 Å². The van der Waals surface area contributed by atoms with E-state index in [0.717, 1.165) is 4.52 Å². The van der Waals surface area contributed by atoms with E-state index in [0.29, 0.717) is 16.6 Å². The van der Waals surface area contributed by atoms with Crippen molar-refractivity contribution in [1.82, 2.24) is 14.6 Å². The fourth-order valence-corrected chi connectivity index (χ4v) is 2.15. The molecule has 3 rings (SSSR count). The highest BCUT2D eigenvalue weighted by Gasteiger charge is 2.19. The van der Waals surface area contributed by atoms with Crippen molar-refractivity contribution in [3.05, 3.63) is 48.6 Å². The van der Waals surface area contributed by atoms with Gasteiger partial charge in [0, 0.05) is 17.3 Å². The van der Waals surface area contributed by atoms with Gasteiger partial charge in [-0.3, -0.25) is 0 Å². The van der Waals surface area contributed by atoms with E-state index >= 15 is 0 Å². The van der Waals surface area contributed by atoms with Gasteiger partial charge in [-0.25, -0.2) is 9.50 Å². The third-order valence-corrected chi connectivity index (χ3v) is 3.20. The summed E-state index contributed by atoms with van der Waals surface area (Å²) in [6.07, 6.45) is 2.81. The number of nitrogens with zero attached hydrogens (tertiary/aromatic N) is 3. The molecule has 0 bridgehead atoms. The van der Waals surface area contributed by atoms with Gasteiger partial charge in [-0.05, 0) is 38.1 Å². The summed E-state index contributed by atoms with van der Waals surface area (Å²) < 4.78 is 33.9. The highest BCUT2D eigenvalue weighted by Crippen LogP contribution is 2.31. The predicted octanol–water partition coefficient (Wildman–Crippen LogP) is 2.82. The molecule has 0 radical (unpaired) electrons. The van der Waals surface area contributed by atoms with E-state index in [1.165, 1.54) is 24.5 Å². The molecule has 0 aliphatic rings. The third-order valence-electron chi connectivity index (χ3n) is 3.20. The molecule has 0 aliphatic heterocycles. The molecule has 120 valence electrons. The van der Waals surface area contributed by atoms with Crippen molar-refractivity contribution >= 4 is 5.52 Å². The molecule has 5 nitrogen and oxygen atoms in total. The van der Waals surface area contributed by atoms with Crippen molar-refractivity contribution in [2.24, 2.45) is 0 Å². The largest absolute Gasteiger partial charge is 0.486 e. The molecular formula is C16H15F2N3O2. The van der Waals surface area contributed by atoms with E-state index in [9.17, 15) is 13.9 Å². The summed E-state index contributed by atoms with van der Waals surface area (Å²) in [7, 11) is 0. The standard InChI is InChI=1S/C16H15F2N3O2/c1-16(2,22)9-23-13-7-11(10-3-4-14(17)19-8-10)12-5-6-20-21(12)15(13)18/h3-8,22H,9H2,1-2H3. The maximum atomic E-state index is 14.5. The fourth-order valence-electron chi connectivity index (χ4n) is 2.15. The van der Waals surface area contributed by atoms with Gasteiger partial charge in [0.25, 0.3) is 5.95 Å². The molecule has 23 heavy (non-hydrogen) atoms.